The molecule has 0 aliphatic heterocycles. The molecule has 0 unspecified atom stereocenters. The number of fused-ring (bicyclic) bond motifs is 2. The van der Waals surface area contributed by atoms with Gasteiger partial charge in [-0.25, -0.2) is 9.78 Å². The average molecular weight is 412 g/mol. The first-order chi connectivity index (χ1) is 13.6. The Hall–Kier alpha value is -2.84. The molecule has 0 aliphatic rings. The van der Waals surface area contributed by atoms with Gasteiger partial charge in [-0.15, -0.1) is 11.3 Å². The monoisotopic (exact) mass is 411 g/mol. The first-order valence-electron chi connectivity index (χ1n) is 8.86. The van der Waals surface area contributed by atoms with Crippen LogP contribution in [0.5, 0.6) is 0 Å². The molecule has 6 nitrogen and oxygen atoms in total. The molecule has 0 fully saturated rings. The number of para-hydroxylation sites is 1. The maximum Gasteiger partial charge on any atom is 0.338 e. The molecule has 28 heavy (non-hydrogen) atoms. The summed E-state index contributed by atoms with van der Waals surface area (Å²) in [6.45, 7) is 4.75. The molecule has 4 aromatic rings. The number of aromatic nitrogens is 2. The van der Waals surface area contributed by atoms with Crippen molar-refractivity contribution in [3.05, 3.63) is 57.8 Å². The molecule has 2 aromatic heterocycles. The standard InChI is InChI=1S/C20H17N3O3S2/c1-3-23-14-10-9-12(19(25)26-4-2)11-16(14)28-20(23)22-17(24)18-21-13-7-5-6-8-15(13)27-18/h5-11H,3-4H2,1-2H3. The van der Waals surface area contributed by atoms with Crippen molar-refractivity contribution in [2.75, 3.05) is 6.61 Å². The summed E-state index contributed by atoms with van der Waals surface area (Å²) in [7, 11) is 0. The molecular weight excluding hydrogens is 394 g/mol. The Morgan fingerprint density at radius 3 is 2.68 bits per heavy atom. The van der Waals surface area contributed by atoms with E-state index in [0.717, 1.165) is 20.4 Å². The van der Waals surface area contributed by atoms with Crippen molar-refractivity contribution >= 4 is 55.0 Å². The lowest BCUT2D eigenvalue weighted by Crippen LogP contribution is -2.15. The number of thiazole rings is 2. The molecule has 0 atom stereocenters. The Morgan fingerprint density at radius 2 is 1.93 bits per heavy atom. The number of rotatable bonds is 4. The highest BCUT2D eigenvalue weighted by Crippen LogP contribution is 2.23. The number of carbonyl (C=O) groups excluding carboxylic acids is 2. The summed E-state index contributed by atoms with van der Waals surface area (Å²) in [6.07, 6.45) is 0. The average Bonchev–Trinajstić information content (AvgIpc) is 3.28. The first-order valence-corrected chi connectivity index (χ1v) is 10.5. The highest BCUT2D eigenvalue weighted by molar-refractivity contribution is 7.20. The van der Waals surface area contributed by atoms with Crippen LogP contribution in [0.25, 0.3) is 20.4 Å². The lowest BCUT2D eigenvalue weighted by atomic mass is 10.2. The highest BCUT2D eigenvalue weighted by atomic mass is 32.1. The van der Waals surface area contributed by atoms with Crippen molar-refractivity contribution in [3.63, 3.8) is 0 Å². The van der Waals surface area contributed by atoms with E-state index in [4.69, 9.17) is 4.74 Å². The van der Waals surface area contributed by atoms with Crippen LogP contribution in [0.4, 0.5) is 0 Å². The molecule has 142 valence electrons. The number of esters is 1. The van der Waals surface area contributed by atoms with Crippen molar-refractivity contribution in [2.24, 2.45) is 4.99 Å². The third-order valence-corrected chi connectivity index (χ3v) is 6.25. The minimum Gasteiger partial charge on any atom is -0.462 e. The second kappa shape index (κ2) is 7.65. The molecule has 8 heteroatoms. The minimum absolute atomic E-state index is 0.327. The molecule has 0 aliphatic carbocycles. The van der Waals surface area contributed by atoms with Crippen LogP contribution in [0, 0.1) is 0 Å². The van der Waals surface area contributed by atoms with Gasteiger partial charge in [-0.3, -0.25) is 4.79 Å². The number of ether oxygens (including phenoxy) is 1. The second-order valence-electron chi connectivity index (χ2n) is 5.94. The van der Waals surface area contributed by atoms with Crippen molar-refractivity contribution in [1.82, 2.24) is 9.55 Å². The minimum atomic E-state index is -0.361. The van der Waals surface area contributed by atoms with Crippen LogP contribution in [0.2, 0.25) is 0 Å². The fourth-order valence-corrected chi connectivity index (χ4v) is 4.89. The summed E-state index contributed by atoms with van der Waals surface area (Å²) >= 11 is 2.71. The second-order valence-corrected chi connectivity index (χ2v) is 7.98. The topological polar surface area (TPSA) is 73.6 Å². The molecule has 0 N–H and O–H groups in total. The number of nitrogens with zero attached hydrogens (tertiary/aromatic N) is 3. The van der Waals surface area contributed by atoms with Gasteiger partial charge in [0.2, 0.25) is 0 Å². The van der Waals surface area contributed by atoms with Crippen LogP contribution in [0.1, 0.15) is 34.0 Å². The van der Waals surface area contributed by atoms with E-state index in [9.17, 15) is 9.59 Å². The first kappa shape index (κ1) is 18.5. The largest absolute Gasteiger partial charge is 0.462 e. The predicted octanol–water partition coefficient (Wildman–Crippen LogP) is 4.25. The van der Waals surface area contributed by atoms with Gasteiger partial charge in [-0.2, -0.15) is 4.99 Å². The van der Waals surface area contributed by atoms with E-state index in [1.807, 2.05) is 41.8 Å². The van der Waals surface area contributed by atoms with Gasteiger partial charge < -0.3 is 9.30 Å². The molecule has 4 rings (SSSR count). The molecule has 1 amide bonds. The number of carbonyl (C=O) groups is 2. The fraction of sp³-hybridized carbons (Fsp3) is 0.200. The van der Waals surface area contributed by atoms with E-state index in [1.54, 1.807) is 19.1 Å². The number of benzene rings is 2. The maximum atomic E-state index is 12.7. The Balaban J connectivity index is 1.78. The van der Waals surface area contributed by atoms with Gasteiger partial charge >= 0.3 is 11.9 Å². The summed E-state index contributed by atoms with van der Waals surface area (Å²) < 4.78 is 8.86. The van der Waals surface area contributed by atoms with Crippen LogP contribution in [-0.2, 0) is 11.3 Å². The van der Waals surface area contributed by atoms with Gasteiger partial charge in [0, 0.05) is 6.54 Å². The lowest BCUT2D eigenvalue weighted by molar-refractivity contribution is 0.0526. The Bertz CT molecular complexity index is 1230. The zero-order valence-corrected chi connectivity index (χ0v) is 17.0. The maximum absolute atomic E-state index is 12.7. The molecule has 0 spiro atoms. The van der Waals surface area contributed by atoms with Gasteiger partial charge in [0.15, 0.2) is 9.81 Å². The van der Waals surface area contributed by atoms with E-state index in [-0.39, 0.29) is 11.9 Å². The van der Waals surface area contributed by atoms with E-state index >= 15 is 0 Å². The van der Waals surface area contributed by atoms with Crippen LogP contribution < -0.4 is 4.80 Å². The van der Waals surface area contributed by atoms with E-state index in [0.29, 0.717) is 28.5 Å². The highest BCUT2D eigenvalue weighted by Gasteiger charge is 2.14. The quantitative estimate of drug-likeness (QED) is 0.471. The zero-order valence-electron chi connectivity index (χ0n) is 15.3. The van der Waals surface area contributed by atoms with E-state index < -0.39 is 0 Å². The normalized spacial score (nSPS) is 12.0. The smallest absolute Gasteiger partial charge is 0.338 e. The summed E-state index contributed by atoms with van der Waals surface area (Å²) in [6, 6.07) is 13.0. The third kappa shape index (κ3) is 3.36. The van der Waals surface area contributed by atoms with Gasteiger partial charge in [-0.1, -0.05) is 23.5 Å². The number of aryl methyl sites for hydroxylation is 1. The number of hydrogen-bond acceptors (Lipinski definition) is 6. The van der Waals surface area contributed by atoms with E-state index in [1.165, 1.54) is 22.7 Å². The van der Waals surface area contributed by atoms with Gasteiger partial charge in [0.1, 0.15) is 0 Å². The van der Waals surface area contributed by atoms with E-state index in [2.05, 4.69) is 9.98 Å². The summed E-state index contributed by atoms with van der Waals surface area (Å²) in [5, 5.41) is 0.369. The molecule has 0 radical (unpaired) electrons. The Morgan fingerprint density at radius 1 is 1.11 bits per heavy atom. The van der Waals surface area contributed by atoms with Crippen LogP contribution in [0.15, 0.2) is 47.5 Å². The third-order valence-electron chi connectivity index (χ3n) is 4.18. The molecule has 0 saturated heterocycles. The van der Waals surface area contributed by atoms with Gasteiger partial charge in [-0.05, 0) is 44.2 Å². The van der Waals surface area contributed by atoms with Crippen LogP contribution in [-0.4, -0.2) is 28.0 Å². The summed E-state index contributed by atoms with van der Waals surface area (Å²) in [5.74, 6) is -0.717. The molecule has 0 saturated carbocycles. The van der Waals surface area contributed by atoms with Crippen LogP contribution >= 0.6 is 22.7 Å². The zero-order chi connectivity index (χ0) is 19.7. The van der Waals surface area contributed by atoms with Gasteiger partial charge in [0.05, 0.1) is 32.6 Å². The predicted molar refractivity (Wildman–Crippen MR) is 111 cm³/mol. The molecule has 2 heterocycles. The Labute approximate surface area is 168 Å². The van der Waals surface area contributed by atoms with Gasteiger partial charge in [0.25, 0.3) is 0 Å². The lowest BCUT2D eigenvalue weighted by Gasteiger charge is -2.03. The molecule has 2 aromatic carbocycles. The summed E-state index contributed by atoms with van der Waals surface area (Å²) in [5.41, 5.74) is 2.21. The SMILES string of the molecule is CCOC(=O)c1ccc2c(c1)sc(=NC(=O)c1nc3ccccc3s1)n2CC. The summed E-state index contributed by atoms with van der Waals surface area (Å²) in [4.78, 5) is 34.0. The number of hydrogen-bond donors (Lipinski definition) is 0. The Kier molecular flexibility index (Phi) is 5.06. The number of amides is 1. The molecular formula is C20H17N3O3S2. The van der Waals surface area contributed by atoms with Crippen molar-refractivity contribution in [1.29, 1.82) is 0 Å². The van der Waals surface area contributed by atoms with Crippen molar-refractivity contribution < 1.29 is 14.3 Å². The van der Waals surface area contributed by atoms with Crippen LogP contribution in [0.3, 0.4) is 0 Å². The molecule has 0 bridgehead atoms. The van der Waals surface area contributed by atoms with Crippen molar-refractivity contribution in [3.8, 4) is 0 Å². The van der Waals surface area contributed by atoms with Crippen molar-refractivity contribution in [2.45, 2.75) is 20.4 Å². The fourth-order valence-electron chi connectivity index (χ4n) is 2.90.